The largest absolute Gasteiger partial charge is 0.385 e. The zero-order chi connectivity index (χ0) is 11.4. The highest BCUT2D eigenvalue weighted by atomic mass is 32.1. The van der Waals surface area contributed by atoms with Gasteiger partial charge in [-0.2, -0.15) is 0 Å². The predicted octanol–water partition coefficient (Wildman–Crippen LogP) is 3.05. The molecule has 0 unspecified atom stereocenters. The molecule has 0 saturated heterocycles. The van der Waals surface area contributed by atoms with Gasteiger partial charge in [0.1, 0.15) is 0 Å². The maximum absolute atomic E-state index is 5.00. The number of thiazole rings is 1. The smallest absolute Gasteiger partial charge is 0.183 e. The molecule has 2 aromatic rings. The van der Waals surface area contributed by atoms with Gasteiger partial charge in [0.05, 0.1) is 10.2 Å². The first kappa shape index (κ1) is 11.4. The summed E-state index contributed by atoms with van der Waals surface area (Å²) in [7, 11) is 1.72. The van der Waals surface area contributed by atoms with Crippen LogP contribution in [-0.4, -0.2) is 25.2 Å². The van der Waals surface area contributed by atoms with E-state index < -0.39 is 0 Å². The van der Waals surface area contributed by atoms with Gasteiger partial charge in [0, 0.05) is 20.3 Å². The molecule has 1 aromatic heterocycles. The van der Waals surface area contributed by atoms with E-state index in [1.54, 1.807) is 18.4 Å². The van der Waals surface area contributed by atoms with Gasteiger partial charge in [0.25, 0.3) is 0 Å². The molecule has 0 atom stereocenters. The van der Waals surface area contributed by atoms with E-state index in [1.165, 1.54) is 10.3 Å². The summed E-state index contributed by atoms with van der Waals surface area (Å²) in [6.45, 7) is 3.79. The Bertz CT molecular complexity index is 467. The molecule has 0 aliphatic rings. The maximum Gasteiger partial charge on any atom is 0.183 e. The summed E-state index contributed by atoms with van der Waals surface area (Å²) in [6, 6.07) is 6.37. The first-order chi connectivity index (χ1) is 7.79. The minimum absolute atomic E-state index is 0.789. The normalized spacial score (nSPS) is 10.9. The van der Waals surface area contributed by atoms with Crippen LogP contribution in [0.3, 0.4) is 0 Å². The number of rotatable bonds is 5. The van der Waals surface area contributed by atoms with Crippen molar-refractivity contribution in [2.45, 2.75) is 13.3 Å². The van der Waals surface area contributed by atoms with Crippen molar-refractivity contribution in [2.75, 3.05) is 25.6 Å². The standard InChI is InChI=1S/C12H16N2OS/c1-9-4-5-11-10(8-9)14-12(16-11)13-6-3-7-15-2/h4-5,8H,3,6-7H2,1-2H3,(H,13,14). The third-order valence-electron chi connectivity index (χ3n) is 2.34. The van der Waals surface area contributed by atoms with Crippen LogP contribution in [0, 0.1) is 6.92 Å². The molecular formula is C12H16N2OS. The Balaban J connectivity index is 2.02. The number of aryl methyl sites for hydroxylation is 1. The number of hydrogen-bond donors (Lipinski definition) is 1. The highest BCUT2D eigenvalue weighted by Gasteiger charge is 2.02. The molecule has 86 valence electrons. The number of anilines is 1. The summed E-state index contributed by atoms with van der Waals surface area (Å²) in [5.74, 6) is 0. The molecule has 0 spiro atoms. The molecule has 0 amide bonds. The Labute approximate surface area is 99.5 Å². The van der Waals surface area contributed by atoms with Crippen molar-refractivity contribution >= 4 is 26.7 Å². The van der Waals surface area contributed by atoms with E-state index in [2.05, 4.69) is 35.4 Å². The van der Waals surface area contributed by atoms with Gasteiger partial charge in [0.2, 0.25) is 0 Å². The van der Waals surface area contributed by atoms with Gasteiger partial charge >= 0.3 is 0 Å². The van der Waals surface area contributed by atoms with Gasteiger partial charge in [-0.15, -0.1) is 0 Å². The number of aromatic nitrogens is 1. The number of nitrogens with one attached hydrogen (secondary N) is 1. The highest BCUT2D eigenvalue weighted by Crippen LogP contribution is 2.26. The summed E-state index contributed by atoms with van der Waals surface area (Å²) < 4.78 is 6.23. The molecule has 0 bridgehead atoms. The first-order valence-corrected chi connectivity index (χ1v) is 6.21. The molecule has 0 aliphatic heterocycles. The Morgan fingerprint density at radius 1 is 1.44 bits per heavy atom. The molecule has 1 heterocycles. The molecule has 3 nitrogen and oxygen atoms in total. The second-order valence-corrected chi connectivity index (χ2v) is 4.79. The third-order valence-corrected chi connectivity index (χ3v) is 3.34. The fourth-order valence-corrected chi connectivity index (χ4v) is 2.40. The number of benzene rings is 1. The summed E-state index contributed by atoms with van der Waals surface area (Å²) in [4.78, 5) is 4.54. The second kappa shape index (κ2) is 5.27. The fraction of sp³-hybridized carbons (Fsp3) is 0.417. The van der Waals surface area contributed by atoms with Crippen LogP contribution in [0.1, 0.15) is 12.0 Å². The molecule has 0 aliphatic carbocycles. The zero-order valence-electron chi connectivity index (χ0n) is 9.62. The minimum Gasteiger partial charge on any atom is -0.385 e. The monoisotopic (exact) mass is 236 g/mol. The van der Waals surface area contributed by atoms with Crippen molar-refractivity contribution in [1.29, 1.82) is 0 Å². The van der Waals surface area contributed by atoms with Crippen LogP contribution >= 0.6 is 11.3 Å². The third kappa shape index (κ3) is 2.71. The van der Waals surface area contributed by atoms with Crippen LogP contribution in [0.15, 0.2) is 18.2 Å². The van der Waals surface area contributed by atoms with Crippen molar-refractivity contribution in [1.82, 2.24) is 4.98 Å². The molecule has 0 fully saturated rings. The van der Waals surface area contributed by atoms with E-state index in [4.69, 9.17) is 4.74 Å². The lowest BCUT2D eigenvalue weighted by atomic mass is 10.2. The lowest BCUT2D eigenvalue weighted by Crippen LogP contribution is -2.03. The van der Waals surface area contributed by atoms with Crippen molar-refractivity contribution in [3.05, 3.63) is 23.8 Å². The van der Waals surface area contributed by atoms with Crippen molar-refractivity contribution < 1.29 is 4.74 Å². The summed E-state index contributed by atoms with van der Waals surface area (Å²) in [6.07, 6.45) is 1.01. The molecular weight excluding hydrogens is 220 g/mol. The van der Waals surface area contributed by atoms with E-state index in [0.29, 0.717) is 0 Å². The predicted molar refractivity (Wildman–Crippen MR) is 69.3 cm³/mol. The lowest BCUT2D eigenvalue weighted by Gasteiger charge is -2.00. The van der Waals surface area contributed by atoms with E-state index in [0.717, 1.165) is 30.2 Å². The number of nitrogens with zero attached hydrogens (tertiary/aromatic N) is 1. The van der Waals surface area contributed by atoms with Crippen LogP contribution in [0.4, 0.5) is 5.13 Å². The molecule has 2 rings (SSSR count). The molecule has 1 N–H and O–H groups in total. The van der Waals surface area contributed by atoms with Gasteiger partial charge < -0.3 is 10.1 Å². The number of hydrogen-bond acceptors (Lipinski definition) is 4. The van der Waals surface area contributed by atoms with Crippen LogP contribution in [-0.2, 0) is 4.74 Å². The van der Waals surface area contributed by atoms with E-state index in [9.17, 15) is 0 Å². The van der Waals surface area contributed by atoms with Gasteiger partial charge in [-0.25, -0.2) is 4.98 Å². The van der Waals surface area contributed by atoms with Crippen molar-refractivity contribution in [3.8, 4) is 0 Å². The maximum atomic E-state index is 5.00. The molecule has 16 heavy (non-hydrogen) atoms. The Kier molecular flexibility index (Phi) is 3.74. The van der Waals surface area contributed by atoms with Crippen LogP contribution < -0.4 is 5.32 Å². The molecule has 0 saturated carbocycles. The van der Waals surface area contributed by atoms with Crippen LogP contribution in [0.2, 0.25) is 0 Å². The average Bonchev–Trinajstić information content (AvgIpc) is 2.66. The highest BCUT2D eigenvalue weighted by molar-refractivity contribution is 7.22. The minimum atomic E-state index is 0.789. The Morgan fingerprint density at radius 2 is 2.31 bits per heavy atom. The molecule has 1 aromatic carbocycles. The van der Waals surface area contributed by atoms with E-state index in [1.807, 2.05) is 0 Å². The number of ether oxygens (including phenoxy) is 1. The fourth-order valence-electron chi connectivity index (χ4n) is 1.52. The SMILES string of the molecule is COCCCNc1nc2cc(C)ccc2s1. The Hall–Kier alpha value is -1.13. The lowest BCUT2D eigenvalue weighted by molar-refractivity contribution is 0.198. The first-order valence-electron chi connectivity index (χ1n) is 5.39. The number of methoxy groups -OCH3 is 1. The van der Waals surface area contributed by atoms with Gasteiger partial charge in [0.15, 0.2) is 5.13 Å². The zero-order valence-corrected chi connectivity index (χ0v) is 10.4. The van der Waals surface area contributed by atoms with Gasteiger partial charge in [-0.1, -0.05) is 17.4 Å². The summed E-state index contributed by atoms with van der Waals surface area (Å²) in [5.41, 5.74) is 2.34. The molecule has 4 heteroatoms. The quantitative estimate of drug-likeness (QED) is 0.810. The van der Waals surface area contributed by atoms with Gasteiger partial charge in [-0.05, 0) is 31.0 Å². The summed E-state index contributed by atoms with van der Waals surface area (Å²) in [5, 5.41) is 4.31. The average molecular weight is 236 g/mol. The van der Waals surface area contributed by atoms with Crippen LogP contribution in [0.5, 0.6) is 0 Å². The molecule has 0 radical (unpaired) electrons. The topological polar surface area (TPSA) is 34.1 Å². The summed E-state index contributed by atoms with van der Waals surface area (Å²) >= 11 is 1.70. The van der Waals surface area contributed by atoms with Gasteiger partial charge in [-0.3, -0.25) is 0 Å². The van der Waals surface area contributed by atoms with E-state index >= 15 is 0 Å². The van der Waals surface area contributed by atoms with E-state index in [-0.39, 0.29) is 0 Å². The second-order valence-electron chi connectivity index (χ2n) is 3.76. The van der Waals surface area contributed by atoms with Crippen molar-refractivity contribution in [2.24, 2.45) is 0 Å². The van der Waals surface area contributed by atoms with Crippen molar-refractivity contribution in [3.63, 3.8) is 0 Å². The van der Waals surface area contributed by atoms with Crippen LogP contribution in [0.25, 0.3) is 10.2 Å². The Morgan fingerprint density at radius 3 is 3.12 bits per heavy atom. The number of fused-ring (bicyclic) bond motifs is 1.